The van der Waals surface area contributed by atoms with Crippen LogP contribution in [0.25, 0.3) is 11.1 Å². The Kier molecular flexibility index (Phi) is 27.0. The molecule has 0 spiro atoms. The maximum absolute atomic E-state index is 14.7. The van der Waals surface area contributed by atoms with Gasteiger partial charge >= 0.3 is 39.0 Å². The Bertz CT molecular complexity index is 2730. The van der Waals surface area contributed by atoms with Crippen LogP contribution in [0, 0.1) is 17.8 Å². The molecule has 3 aromatic carbocycles. The van der Waals surface area contributed by atoms with Gasteiger partial charge in [0.2, 0.25) is 5.91 Å². The number of ether oxygens (including phenoxy) is 6. The van der Waals surface area contributed by atoms with Gasteiger partial charge < -0.3 is 68.7 Å². The number of halogens is 6. The van der Waals surface area contributed by atoms with Crippen LogP contribution in [-0.4, -0.2) is 184 Å². The number of methoxy groups -OCH3 is 1. The van der Waals surface area contributed by atoms with Crippen molar-refractivity contribution in [3.63, 3.8) is 0 Å². The number of nitrogens with zero attached hydrogens (tertiary/aromatic N) is 3. The van der Waals surface area contributed by atoms with E-state index in [0.717, 1.165) is 38.6 Å². The van der Waals surface area contributed by atoms with Crippen molar-refractivity contribution in [2.24, 2.45) is 17.8 Å². The molecule has 1 unspecified atom stereocenters. The van der Waals surface area contributed by atoms with Crippen LogP contribution in [0.1, 0.15) is 145 Å². The Morgan fingerprint density at radius 2 is 1.39 bits per heavy atom. The number of rotatable bonds is 20. The molecule has 3 fully saturated rings. The first-order valence-corrected chi connectivity index (χ1v) is 34.9. The van der Waals surface area contributed by atoms with E-state index in [0.29, 0.717) is 12.8 Å². The summed E-state index contributed by atoms with van der Waals surface area (Å²) in [7, 11) is -1.16. The van der Waals surface area contributed by atoms with E-state index < -0.39 is 110 Å². The van der Waals surface area contributed by atoms with Crippen LogP contribution in [0.2, 0.25) is 0 Å². The van der Waals surface area contributed by atoms with Crippen LogP contribution in [-0.2, 0) is 51.0 Å². The average Bonchev–Trinajstić information content (AvgIpc) is 1.12. The molecule has 0 saturated carbocycles. The normalized spacial score (nSPS) is 34.4. The van der Waals surface area contributed by atoms with Gasteiger partial charge in [-0.25, -0.2) is 0 Å². The van der Waals surface area contributed by atoms with Gasteiger partial charge in [-0.1, -0.05) is 88.6 Å². The topological polar surface area (TPSA) is 200 Å². The van der Waals surface area contributed by atoms with Crippen molar-refractivity contribution in [3.8, 4) is 11.1 Å². The second-order valence-electron chi connectivity index (χ2n) is 26.9. The summed E-state index contributed by atoms with van der Waals surface area (Å²) in [6.07, 6.45) is -4.01. The Morgan fingerprint density at radius 1 is 0.789 bits per heavy atom. The molecule has 90 heavy (non-hydrogen) atoms. The molecular formula is C66H105F6N3O13P2. The molecule has 0 aromatic heterocycles. The summed E-state index contributed by atoms with van der Waals surface area (Å²) in [4.78, 5) is 35.1. The standard InChI is InChI=1S/C66H104N3O13P.F6P/c1-16-54-66(10,76)59(72)45(6)69(55(70)28-24-19-17-18-21-25-47-29-30-49(40-67(11)12)52(36-47)48-31-33-51(34-32-48)83-50-26-22-20-23-27-50)39-41(2)37-64(8,75)61(82-63-57(71)53(68(13)14)35-42(3)78-63)43(4)58(44(5)62(74)80-54)81-56-38-65(9,77-15)60(73)46(7)79-56;1-7(2,3,4,5)6/h20,22-23,26-27,29-34,36,41-46,53-54,56-61,63,71-73,75-76,83H,16-19,21,24-25,28,35,37-40H2,1-15H3;/q;-1/p+1/t41-,42-,43+,44-,45-,46+,53+,54-,56+,57-,58+,59-,60+,61-,63+,64-,65-,66-;/m1./s1. The Morgan fingerprint density at radius 3 is 1.98 bits per heavy atom. The molecule has 6 rings (SSSR count). The predicted molar refractivity (Wildman–Crippen MR) is 343 cm³/mol. The van der Waals surface area contributed by atoms with Crippen molar-refractivity contribution in [2.45, 2.75) is 237 Å². The number of aliphatic hydroxyl groups excluding tert-OH is 3. The third-order valence-corrected chi connectivity index (χ3v) is 19.5. The van der Waals surface area contributed by atoms with Crippen molar-refractivity contribution < 1.29 is 88.7 Å². The summed E-state index contributed by atoms with van der Waals surface area (Å²) in [5.41, 5.74) is 0.269. The first-order chi connectivity index (χ1) is 41.5. The van der Waals surface area contributed by atoms with E-state index in [2.05, 4.69) is 91.8 Å². The predicted octanol–water partition coefficient (Wildman–Crippen LogP) is 10.9. The van der Waals surface area contributed by atoms with Crippen molar-refractivity contribution >= 4 is 38.9 Å². The van der Waals surface area contributed by atoms with Crippen LogP contribution < -0.4 is 10.6 Å². The monoisotopic (exact) mass is 1320 g/mol. The van der Waals surface area contributed by atoms with Crippen LogP contribution in [0.5, 0.6) is 0 Å². The number of cyclic esters (lactones) is 1. The van der Waals surface area contributed by atoms with Gasteiger partial charge in [-0.2, -0.15) is 0 Å². The van der Waals surface area contributed by atoms with E-state index >= 15 is 0 Å². The van der Waals surface area contributed by atoms with E-state index in [4.69, 9.17) is 28.4 Å². The summed E-state index contributed by atoms with van der Waals surface area (Å²) < 4.78 is 97.5. The van der Waals surface area contributed by atoms with Crippen molar-refractivity contribution in [3.05, 3.63) is 83.9 Å². The summed E-state index contributed by atoms with van der Waals surface area (Å²) in [6, 6.07) is 25.3. The number of amides is 1. The van der Waals surface area contributed by atoms with Gasteiger partial charge in [-0.05, 0) is 168 Å². The molecule has 3 saturated heterocycles. The minimum absolute atomic E-state index is 0.0298. The molecule has 0 bridgehead atoms. The number of hydrogen-bond acceptors (Lipinski definition) is 15. The third-order valence-electron chi connectivity index (χ3n) is 18.1. The number of benzene rings is 3. The Hall–Kier alpha value is -3.44. The quantitative estimate of drug-likeness (QED) is 0.0309. The summed E-state index contributed by atoms with van der Waals surface area (Å²) in [6.45, 7) is 18.2. The number of likely N-dealkylation sites (N-methyl/N-ethyl adjacent to an activating group) is 1. The van der Waals surface area contributed by atoms with Crippen molar-refractivity contribution in [2.75, 3.05) is 41.8 Å². The molecule has 0 aliphatic carbocycles. The van der Waals surface area contributed by atoms with E-state index in [1.807, 2.05) is 32.8 Å². The number of carbonyl (C=O) groups is 2. The summed E-state index contributed by atoms with van der Waals surface area (Å²) in [5.74, 6) is -3.30. The third kappa shape index (κ3) is 22.9. The Labute approximate surface area is 531 Å². The van der Waals surface area contributed by atoms with Crippen LogP contribution >= 0.6 is 16.4 Å². The molecule has 5 N–H and O–H groups in total. The first-order valence-electron chi connectivity index (χ1n) is 31.7. The number of esters is 1. The SMILES string of the molecule is CC[C@H]1OC(=O)[C@H](C)[C@@H](O[C@H]2C[C@@](C)(OC)[C@@H](O)[C@H](C)O2)[C@H](C)[C@@H](O[C@@H]2O[C@H](C)C[C@H](N(C)C)[C@H]2O)[C@](C)(O)C[C@@H](C)CN(C(=O)CCCCCCCc2ccc(CN(C)C)c(-c3ccc([PH2+]c4ccccc4)cc3)c2)[C@H](C)[C@@H](O)[C@]1(C)O.F[P-](F)(F)(F)(F)F. The second-order valence-corrected chi connectivity index (χ2v) is 30.4. The molecule has 3 heterocycles. The molecule has 3 aliphatic heterocycles. The fraction of sp³-hybridized carbons (Fsp3) is 0.697. The first kappa shape index (κ1) is 77.3. The molecule has 514 valence electrons. The van der Waals surface area contributed by atoms with Gasteiger partial charge in [0.05, 0.1) is 66.8 Å². The van der Waals surface area contributed by atoms with E-state index in [1.165, 1.54) is 46.9 Å². The molecule has 19 atom stereocenters. The Balaban J connectivity index is 0.00000198. The van der Waals surface area contributed by atoms with Gasteiger partial charge in [0.25, 0.3) is 0 Å². The zero-order chi connectivity index (χ0) is 67.5. The molecule has 0 radical (unpaired) electrons. The van der Waals surface area contributed by atoms with Gasteiger partial charge in [-0.3, -0.25) is 9.59 Å². The summed E-state index contributed by atoms with van der Waals surface area (Å²) >= 11 is 0. The molecule has 3 aromatic rings. The zero-order valence-electron chi connectivity index (χ0n) is 55.4. The molecular weight excluding hydrogens is 1220 g/mol. The van der Waals surface area contributed by atoms with Crippen LogP contribution in [0.4, 0.5) is 25.2 Å². The number of hydrogen-bond donors (Lipinski definition) is 5. The zero-order valence-corrected chi connectivity index (χ0v) is 57.5. The molecule has 1 amide bonds. The molecule has 16 nitrogen and oxygen atoms in total. The van der Waals surface area contributed by atoms with Gasteiger partial charge in [0, 0.05) is 45.0 Å². The summed E-state index contributed by atoms with van der Waals surface area (Å²) in [5, 5.41) is 63.3. The number of unbranched alkanes of at least 4 members (excludes halogenated alkanes) is 4. The van der Waals surface area contributed by atoms with Crippen LogP contribution in [0.3, 0.4) is 0 Å². The van der Waals surface area contributed by atoms with Crippen LogP contribution in [0.15, 0.2) is 72.8 Å². The average molecular weight is 1320 g/mol. The fourth-order valence-electron chi connectivity index (χ4n) is 13.1. The van der Waals surface area contributed by atoms with Crippen molar-refractivity contribution in [1.29, 1.82) is 0 Å². The number of carbonyl (C=O) groups excluding carboxylic acids is 2. The van der Waals surface area contributed by atoms with E-state index in [1.54, 1.807) is 53.4 Å². The second kappa shape index (κ2) is 31.4. The van der Waals surface area contributed by atoms with E-state index in [9.17, 15) is 60.3 Å². The maximum atomic E-state index is 14.7. The van der Waals surface area contributed by atoms with E-state index in [-0.39, 0.29) is 58.9 Å². The minimum atomic E-state index is -10.7. The molecule has 3 aliphatic rings. The molecule has 24 heteroatoms. The number of aryl methyl sites for hydroxylation is 1. The van der Waals surface area contributed by atoms with Gasteiger partial charge in [0.1, 0.15) is 30.0 Å². The van der Waals surface area contributed by atoms with Crippen molar-refractivity contribution in [1.82, 2.24) is 14.7 Å². The van der Waals surface area contributed by atoms with Gasteiger partial charge in [-0.15, -0.1) is 0 Å². The fourth-order valence-corrected chi connectivity index (χ4v) is 14.3. The van der Waals surface area contributed by atoms with Gasteiger partial charge in [0.15, 0.2) is 12.6 Å². The number of aliphatic hydroxyl groups is 5.